The predicted molar refractivity (Wildman–Crippen MR) is 99.2 cm³/mol. The smallest absolute Gasteiger partial charge is 0.246 e. The zero-order valence-electron chi connectivity index (χ0n) is 15.9. The van der Waals surface area contributed by atoms with Crippen molar-refractivity contribution in [1.82, 2.24) is 10.6 Å². The fourth-order valence-electron chi connectivity index (χ4n) is 1.97. The lowest BCUT2D eigenvalue weighted by atomic mass is 10.1. The number of rotatable bonds is 10. The highest BCUT2D eigenvalue weighted by molar-refractivity contribution is 5.94. The Morgan fingerprint density at radius 1 is 1.15 bits per heavy atom. The van der Waals surface area contributed by atoms with Crippen LogP contribution in [-0.2, 0) is 9.53 Å². The lowest BCUT2D eigenvalue weighted by Crippen LogP contribution is -2.39. The zero-order valence-corrected chi connectivity index (χ0v) is 15.9. The van der Waals surface area contributed by atoms with Crippen LogP contribution in [0.25, 0.3) is 0 Å². The molecule has 0 atom stereocenters. The first kappa shape index (κ1) is 22.8. The second-order valence-corrected chi connectivity index (χ2v) is 6.19. The number of amides is 1. The highest BCUT2D eigenvalue weighted by atomic mass is 19.2. The summed E-state index contributed by atoms with van der Waals surface area (Å²) in [6.07, 6.45) is 0.981. The van der Waals surface area contributed by atoms with Crippen molar-refractivity contribution >= 4 is 17.6 Å². The highest BCUT2D eigenvalue weighted by Crippen LogP contribution is 2.19. The summed E-state index contributed by atoms with van der Waals surface area (Å²) in [4.78, 5) is 15.9. The molecule has 0 saturated carbocycles. The summed E-state index contributed by atoms with van der Waals surface area (Å²) in [5.41, 5.74) is -0.439. The van der Waals surface area contributed by atoms with Gasteiger partial charge in [0.25, 0.3) is 0 Å². The van der Waals surface area contributed by atoms with Gasteiger partial charge in [0.1, 0.15) is 6.54 Å². The molecular weight excluding hydrogens is 361 g/mol. The first-order valence-corrected chi connectivity index (χ1v) is 8.88. The molecule has 9 heteroatoms. The van der Waals surface area contributed by atoms with Gasteiger partial charge in [-0.2, -0.15) is 0 Å². The molecule has 0 aromatic heterocycles. The molecule has 0 heterocycles. The Bertz CT molecular complexity index is 639. The average Bonchev–Trinajstić information content (AvgIpc) is 2.62. The number of nitrogens with one attached hydrogen (secondary N) is 3. The Kier molecular flexibility index (Phi) is 10.2. The number of hydrogen-bond donors (Lipinski definition) is 3. The largest absolute Gasteiger partial charge is 0.380 e. The van der Waals surface area contributed by atoms with Crippen LogP contribution in [0.3, 0.4) is 0 Å². The van der Waals surface area contributed by atoms with E-state index in [-0.39, 0.29) is 6.54 Å². The zero-order chi connectivity index (χ0) is 20.2. The monoisotopic (exact) mass is 388 g/mol. The summed E-state index contributed by atoms with van der Waals surface area (Å²) in [5, 5.41) is 8.13. The van der Waals surface area contributed by atoms with Gasteiger partial charge in [-0.25, -0.2) is 18.2 Å². The van der Waals surface area contributed by atoms with Gasteiger partial charge in [0.2, 0.25) is 5.91 Å². The van der Waals surface area contributed by atoms with Crippen LogP contribution in [0.5, 0.6) is 0 Å². The molecule has 1 rings (SSSR count). The van der Waals surface area contributed by atoms with Gasteiger partial charge in [0, 0.05) is 19.7 Å². The topological polar surface area (TPSA) is 74.8 Å². The van der Waals surface area contributed by atoms with Crippen molar-refractivity contribution in [2.75, 3.05) is 38.2 Å². The van der Waals surface area contributed by atoms with Crippen LogP contribution in [0.2, 0.25) is 0 Å². The van der Waals surface area contributed by atoms with E-state index in [2.05, 4.69) is 34.8 Å². The molecule has 6 nitrogen and oxygen atoms in total. The Hall–Kier alpha value is -2.29. The van der Waals surface area contributed by atoms with Crippen molar-refractivity contribution in [1.29, 1.82) is 0 Å². The number of guanidine groups is 1. The van der Waals surface area contributed by atoms with Gasteiger partial charge in [0.05, 0.1) is 12.3 Å². The second-order valence-electron chi connectivity index (χ2n) is 6.19. The third-order valence-electron chi connectivity index (χ3n) is 3.41. The van der Waals surface area contributed by atoms with E-state index in [1.54, 1.807) is 0 Å². The van der Waals surface area contributed by atoms with Gasteiger partial charge >= 0.3 is 0 Å². The summed E-state index contributed by atoms with van der Waals surface area (Å²) in [6, 6.07) is 1.69. The highest BCUT2D eigenvalue weighted by Gasteiger charge is 2.15. The molecule has 0 aliphatic heterocycles. The van der Waals surface area contributed by atoms with Gasteiger partial charge in [-0.05, 0) is 31.4 Å². The van der Waals surface area contributed by atoms with Crippen molar-refractivity contribution in [3.63, 3.8) is 0 Å². The molecule has 152 valence electrons. The number of benzene rings is 1. The molecule has 3 N–H and O–H groups in total. The number of hydrogen-bond acceptors (Lipinski definition) is 3. The number of ether oxygens (including phenoxy) is 1. The maximum atomic E-state index is 13.6. The number of anilines is 1. The Morgan fingerprint density at radius 2 is 1.89 bits per heavy atom. The molecule has 0 bridgehead atoms. The molecule has 0 aliphatic rings. The maximum absolute atomic E-state index is 13.6. The van der Waals surface area contributed by atoms with Crippen LogP contribution >= 0.6 is 0 Å². The molecule has 0 spiro atoms. The fraction of sp³-hybridized carbons (Fsp3) is 0.556. The number of nitrogens with zero attached hydrogens (tertiary/aromatic N) is 1. The molecule has 0 radical (unpaired) electrons. The van der Waals surface area contributed by atoms with Gasteiger partial charge in [0.15, 0.2) is 23.4 Å². The normalized spacial score (nSPS) is 11.6. The molecule has 0 saturated heterocycles. The van der Waals surface area contributed by atoms with Crippen molar-refractivity contribution in [3.05, 3.63) is 29.6 Å². The van der Waals surface area contributed by atoms with Crippen LogP contribution in [-0.4, -0.2) is 44.7 Å². The minimum Gasteiger partial charge on any atom is -0.380 e. The summed E-state index contributed by atoms with van der Waals surface area (Å²) < 4.78 is 45.1. The van der Waals surface area contributed by atoms with E-state index in [1.807, 2.05) is 6.92 Å². The van der Waals surface area contributed by atoms with Crippen LogP contribution in [0.4, 0.5) is 18.9 Å². The van der Waals surface area contributed by atoms with E-state index in [9.17, 15) is 18.0 Å². The maximum Gasteiger partial charge on any atom is 0.246 e. The fourth-order valence-corrected chi connectivity index (χ4v) is 1.97. The quantitative estimate of drug-likeness (QED) is 0.249. The van der Waals surface area contributed by atoms with Gasteiger partial charge in [-0.3, -0.25) is 4.79 Å². The SMILES string of the molecule is CCNC(=NCC(=O)Nc1ccc(F)c(F)c1F)NCCOCCC(C)C. The van der Waals surface area contributed by atoms with Gasteiger partial charge in [-0.15, -0.1) is 0 Å². The number of carbonyl (C=O) groups is 1. The number of carbonyl (C=O) groups excluding carboxylic acids is 1. The summed E-state index contributed by atoms with van der Waals surface area (Å²) >= 11 is 0. The minimum atomic E-state index is -1.64. The molecule has 0 unspecified atom stereocenters. The second kappa shape index (κ2) is 12.2. The molecular formula is C18H27F3N4O2. The molecule has 1 aromatic rings. The van der Waals surface area contributed by atoms with Crippen LogP contribution in [0.15, 0.2) is 17.1 Å². The number of aliphatic imine (C=N–C) groups is 1. The third kappa shape index (κ3) is 8.76. The van der Waals surface area contributed by atoms with Gasteiger partial charge in [-0.1, -0.05) is 13.8 Å². The first-order valence-electron chi connectivity index (χ1n) is 8.88. The van der Waals surface area contributed by atoms with Crippen LogP contribution in [0.1, 0.15) is 27.2 Å². The van der Waals surface area contributed by atoms with Crippen molar-refractivity contribution in [2.45, 2.75) is 27.2 Å². The standard InChI is InChI=1S/C18H27F3N4O2/c1-4-22-18(23-8-10-27-9-7-12(2)3)24-11-15(26)25-14-6-5-13(19)16(20)17(14)21/h5-6,12H,4,7-11H2,1-3H3,(H,25,26)(H2,22,23,24). The van der Waals surface area contributed by atoms with Gasteiger partial charge < -0.3 is 20.7 Å². The Labute approximate surface area is 157 Å². The van der Waals surface area contributed by atoms with E-state index in [0.717, 1.165) is 18.6 Å². The van der Waals surface area contributed by atoms with Crippen LogP contribution in [0, 0.1) is 23.4 Å². The van der Waals surface area contributed by atoms with Crippen molar-refractivity contribution in [3.8, 4) is 0 Å². The molecule has 1 amide bonds. The first-order chi connectivity index (χ1) is 12.8. The molecule has 0 fully saturated rings. The summed E-state index contributed by atoms with van der Waals surface area (Å²) in [7, 11) is 0. The summed E-state index contributed by atoms with van der Waals surface area (Å²) in [5.74, 6) is -4.09. The summed E-state index contributed by atoms with van der Waals surface area (Å²) in [6.45, 7) is 8.04. The average molecular weight is 388 g/mol. The Balaban J connectivity index is 2.47. The van der Waals surface area contributed by atoms with E-state index in [1.165, 1.54) is 0 Å². The van der Waals surface area contributed by atoms with E-state index < -0.39 is 29.0 Å². The van der Waals surface area contributed by atoms with Crippen molar-refractivity contribution in [2.24, 2.45) is 10.9 Å². The predicted octanol–water partition coefficient (Wildman–Crippen LogP) is 2.66. The molecule has 27 heavy (non-hydrogen) atoms. The lowest BCUT2D eigenvalue weighted by molar-refractivity contribution is -0.114. The molecule has 0 aliphatic carbocycles. The minimum absolute atomic E-state index is 0.317. The van der Waals surface area contributed by atoms with Crippen molar-refractivity contribution < 1.29 is 22.7 Å². The van der Waals surface area contributed by atoms with E-state index in [4.69, 9.17) is 4.74 Å². The van der Waals surface area contributed by atoms with E-state index >= 15 is 0 Å². The molecule has 1 aromatic carbocycles. The third-order valence-corrected chi connectivity index (χ3v) is 3.41. The van der Waals surface area contributed by atoms with E-state index in [0.29, 0.717) is 38.2 Å². The number of halogens is 3. The lowest BCUT2D eigenvalue weighted by Gasteiger charge is -2.12. The Morgan fingerprint density at radius 3 is 2.56 bits per heavy atom. The van der Waals surface area contributed by atoms with Crippen LogP contribution < -0.4 is 16.0 Å².